The lowest BCUT2D eigenvalue weighted by Gasteiger charge is -2.12. The van der Waals surface area contributed by atoms with Gasteiger partial charge in [-0.3, -0.25) is 9.59 Å². The second kappa shape index (κ2) is 11.4. The number of allylic oxidation sites excluding steroid dienone is 1. The Kier molecular flexibility index (Phi) is 7.97. The minimum atomic E-state index is -4.00. The van der Waals surface area contributed by atoms with Crippen LogP contribution in [-0.2, 0) is 14.8 Å². The van der Waals surface area contributed by atoms with Crippen molar-refractivity contribution in [2.24, 2.45) is 0 Å². The minimum Gasteiger partial charge on any atom is -0.496 e. The van der Waals surface area contributed by atoms with Crippen molar-refractivity contribution >= 4 is 38.7 Å². The summed E-state index contributed by atoms with van der Waals surface area (Å²) in [4.78, 5) is 27.9. The lowest BCUT2D eigenvalue weighted by atomic mass is 10.0. The van der Waals surface area contributed by atoms with Gasteiger partial charge in [0.25, 0.3) is 10.0 Å². The van der Waals surface area contributed by atoms with Crippen LogP contribution in [0.3, 0.4) is 0 Å². The number of H-pyrrole nitrogens is 1. The molecule has 196 valence electrons. The number of fused-ring (bicyclic) bond motifs is 1. The maximum Gasteiger partial charge on any atom is 0.264 e. The molecular weight excluding hydrogens is 504 g/mol. The topological polar surface area (TPSA) is 115 Å². The van der Waals surface area contributed by atoms with E-state index in [0.717, 1.165) is 22.2 Å². The van der Waals surface area contributed by atoms with Crippen molar-refractivity contribution in [2.45, 2.75) is 24.7 Å². The number of ether oxygens (including phenoxy) is 2. The van der Waals surface area contributed by atoms with Gasteiger partial charge in [0, 0.05) is 40.1 Å². The molecule has 1 aromatic heterocycles. The molecule has 1 heterocycles. The van der Waals surface area contributed by atoms with Crippen LogP contribution in [0, 0.1) is 0 Å². The number of hydrogen-bond donors (Lipinski definition) is 2. The fourth-order valence-corrected chi connectivity index (χ4v) is 5.04. The fourth-order valence-electron chi connectivity index (χ4n) is 4.03. The normalized spacial score (nSPS) is 11.6. The molecule has 0 aliphatic rings. The van der Waals surface area contributed by atoms with E-state index in [1.807, 2.05) is 41.1 Å². The highest BCUT2D eigenvalue weighted by atomic mass is 32.2. The Morgan fingerprint density at radius 1 is 0.947 bits per heavy atom. The van der Waals surface area contributed by atoms with E-state index < -0.39 is 15.9 Å². The summed E-state index contributed by atoms with van der Waals surface area (Å²) in [6.07, 6.45) is 3.68. The molecule has 1 amide bonds. The van der Waals surface area contributed by atoms with Gasteiger partial charge in [-0.05, 0) is 61.0 Å². The molecule has 0 aliphatic heterocycles. The third-order valence-electron chi connectivity index (χ3n) is 5.96. The van der Waals surface area contributed by atoms with Crippen molar-refractivity contribution in [3.8, 4) is 22.8 Å². The van der Waals surface area contributed by atoms with E-state index in [9.17, 15) is 18.0 Å². The van der Waals surface area contributed by atoms with Gasteiger partial charge in [0.15, 0.2) is 5.78 Å². The highest BCUT2D eigenvalue weighted by Crippen LogP contribution is 2.37. The van der Waals surface area contributed by atoms with Gasteiger partial charge in [0.2, 0.25) is 5.91 Å². The van der Waals surface area contributed by atoms with Crippen molar-refractivity contribution in [3.63, 3.8) is 0 Å². The maximum atomic E-state index is 12.9. The molecule has 2 N–H and O–H groups in total. The summed E-state index contributed by atoms with van der Waals surface area (Å²) < 4.78 is 37.9. The van der Waals surface area contributed by atoms with Crippen LogP contribution in [0.15, 0.2) is 77.7 Å². The summed E-state index contributed by atoms with van der Waals surface area (Å²) >= 11 is 0. The highest BCUT2D eigenvalue weighted by Gasteiger charge is 2.18. The second-order valence-electron chi connectivity index (χ2n) is 8.57. The van der Waals surface area contributed by atoms with Gasteiger partial charge < -0.3 is 14.5 Å². The number of benzene rings is 3. The van der Waals surface area contributed by atoms with Crippen LogP contribution in [0.2, 0.25) is 0 Å². The van der Waals surface area contributed by atoms with Crippen molar-refractivity contribution in [1.82, 2.24) is 9.71 Å². The number of carbonyl (C=O) groups is 2. The number of aromatic amines is 1. The van der Waals surface area contributed by atoms with Crippen molar-refractivity contribution < 1.29 is 27.5 Å². The van der Waals surface area contributed by atoms with Crippen molar-refractivity contribution in [3.05, 3.63) is 83.9 Å². The molecule has 0 unspecified atom stereocenters. The third kappa shape index (κ3) is 5.78. The average molecular weight is 533 g/mol. The zero-order chi connectivity index (χ0) is 27.3. The first-order chi connectivity index (χ1) is 18.2. The molecule has 0 fully saturated rings. The van der Waals surface area contributed by atoms with E-state index in [-0.39, 0.29) is 17.1 Å². The number of para-hydroxylation sites is 1. The first-order valence-corrected chi connectivity index (χ1v) is 13.5. The predicted octanol–water partition coefficient (Wildman–Crippen LogP) is 5.35. The molecule has 0 spiro atoms. The van der Waals surface area contributed by atoms with E-state index in [1.165, 1.54) is 37.5 Å². The number of sulfonamides is 1. The molecule has 9 heteroatoms. The molecular formula is C29H28N2O6S. The third-order valence-corrected chi connectivity index (χ3v) is 7.35. The van der Waals surface area contributed by atoms with Crippen LogP contribution in [-0.4, -0.2) is 39.3 Å². The van der Waals surface area contributed by atoms with Crippen LogP contribution < -0.4 is 14.2 Å². The summed E-state index contributed by atoms with van der Waals surface area (Å²) in [6.45, 7) is 1.78. The van der Waals surface area contributed by atoms with Gasteiger partial charge >= 0.3 is 0 Å². The van der Waals surface area contributed by atoms with Crippen LogP contribution in [0.5, 0.6) is 11.5 Å². The van der Waals surface area contributed by atoms with Crippen LogP contribution in [0.25, 0.3) is 28.2 Å². The summed E-state index contributed by atoms with van der Waals surface area (Å²) in [7, 11) is -0.877. The number of aromatic nitrogens is 1. The summed E-state index contributed by atoms with van der Waals surface area (Å²) in [5, 5.41) is 1.06. The Balaban J connectivity index is 1.60. The predicted molar refractivity (Wildman–Crippen MR) is 147 cm³/mol. The molecule has 4 aromatic rings. The molecule has 8 nitrogen and oxygen atoms in total. The Morgan fingerprint density at radius 2 is 1.66 bits per heavy atom. The Bertz CT molecular complexity index is 1590. The summed E-state index contributed by atoms with van der Waals surface area (Å²) in [6, 6.07) is 19.0. The standard InChI is InChI=1S/C29H28N2O6S/c1-4-7-29(33)31-38(34,35)22-13-10-19(11-14-22)26(32)15-12-21-16-23(28(37-3)18-27(21)36-2)25-17-20-8-5-6-9-24(20)30-25/h5-6,8-18,30H,4,7H2,1-3H3,(H,31,33)/b15-12+. The van der Waals surface area contributed by atoms with Gasteiger partial charge in [0.1, 0.15) is 11.5 Å². The SMILES string of the molecule is CCCC(=O)NS(=O)(=O)c1ccc(C(=O)/C=C/c2cc(-c3cc4ccccc4[nH]3)c(OC)cc2OC)cc1. The van der Waals surface area contributed by atoms with Gasteiger partial charge in [-0.1, -0.05) is 25.1 Å². The largest absolute Gasteiger partial charge is 0.496 e. The molecule has 0 bridgehead atoms. The number of carbonyl (C=O) groups excluding carboxylic acids is 2. The fraction of sp³-hybridized carbons (Fsp3) is 0.172. The Morgan fingerprint density at radius 3 is 2.32 bits per heavy atom. The molecule has 0 atom stereocenters. The van der Waals surface area contributed by atoms with E-state index in [4.69, 9.17) is 9.47 Å². The molecule has 0 radical (unpaired) electrons. The first-order valence-electron chi connectivity index (χ1n) is 12.0. The number of amides is 1. The maximum absolute atomic E-state index is 12.9. The van der Waals surface area contributed by atoms with E-state index in [2.05, 4.69) is 4.98 Å². The zero-order valence-corrected chi connectivity index (χ0v) is 22.1. The van der Waals surface area contributed by atoms with Crippen LogP contribution in [0.1, 0.15) is 35.7 Å². The zero-order valence-electron chi connectivity index (χ0n) is 21.3. The number of ketones is 1. The average Bonchev–Trinajstić information content (AvgIpc) is 3.35. The van der Waals surface area contributed by atoms with Crippen LogP contribution >= 0.6 is 0 Å². The molecule has 4 rings (SSSR count). The summed E-state index contributed by atoms with van der Waals surface area (Å²) in [5.74, 6) is 0.236. The van der Waals surface area contributed by atoms with Crippen molar-refractivity contribution in [1.29, 1.82) is 0 Å². The van der Waals surface area contributed by atoms with Crippen LogP contribution in [0.4, 0.5) is 0 Å². The number of methoxy groups -OCH3 is 2. The second-order valence-corrected chi connectivity index (χ2v) is 10.2. The molecule has 0 aliphatic carbocycles. The molecule has 3 aromatic carbocycles. The number of nitrogens with one attached hydrogen (secondary N) is 2. The van der Waals surface area contributed by atoms with Gasteiger partial charge in [-0.2, -0.15) is 0 Å². The van der Waals surface area contributed by atoms with E-state index in [1.54, 1.807) is 26.2 Å². The Labute approximate surface area is 221 Å². The minimum absolute atomic E-state index is 0.0951. The van der Waals surface area contributed by atoms with E-state index in [0.29, 0.717) is 29.0 Å². The van der Waals surface area contributed by atoms with Gasteiger partial charge in [0.05, 0.1) is 24.8 Å². The van der Waals surface area contributed by atoms with E-state index >= 15 is 0 Å². The monoisotopic (exact) mass is 532 g/mol. The summed E-state index contributed by atoms with van der Waals surface area (Å²) in [5.41, 5.74) is 3.60. The van der Waals surface area contributed by atoms with Crippen molar-refractivity contribution in [2.75, 3.05) is 14.2 Å². The molecule has 38 heavy (non-hydrogen) atoms. The first kappa shape index (κ1) is 26.7. The molecule has 0 saturated carbocycles. The van der Waals surface area contributed by atoms with Gasteiger partial charge in [-0.25, -0.2) is 13.1 Å². The smallest absolute Gasteiger partial charge is 0.264 e. The molecule has 0 saturated heterocycles. The highest BCUT2D eigenvalue weighted by molar-refractivity contribution is 7.90. The van der Waals surface area contributed by atoms with Gasteiger partial charge in [-0.15, -0.1) is 0 Å². The number of rotatable bonds is 10. The lowest BCUT2D eigenvalue weighted by molar-refractivity contribution is -0.119. The quantitative estimate of drug-likeness (QED) is 0.210. The Hall–Kier alpha value is -4.37. The number of hydrogen-bond acceptors (Lipinski definition) is 6. The lowest BCUT2D eigenvalue weighted by Crippen LogP contribution is -2.30.